The Morgan fingerprint density at radius 2 is 2.36 bits per heavy atom. The molecule has 0 aromatic carbocycles. The lowest BCUT2D eigenvalue weighted by Gasteiger charge is -1.85. The van der Waals surface area contributed by atoms with Crippen LogP contribution >= 0.6 is 0 Å². The summed E-state index contributed by atoms with van der Waals surface area (Å²) in [6.45, 7) is 5.38. The summed E-state index contributed by atoms with van der Waals surface area (Å²) in [5.41, 5.74) is 7.08. The zero-order valence-electron chi connectivity index (χ0n) is 6.37. The highest BCUT2D eigenvalue weighted by molar-refractivity contribution is 5.62. The minimum atomic E-state index is 0.348. The molecule has 3 heteroatoms. The standard InChI is InChI=1S/C8H10N2O/c1-3-4-5-7-6(2)10-11-8(7)9/h3-5H,1,9H2,2H3/b5-4-. The smallest absolute Gasteiger partial charge is 0.229 e. The van der Waals surface area contributed by atoms with Crippen molar-refractivity contribution in [3.63, 3.8) is 0 Å². The van der Waals surface area contributed by atoms with E-state index in [0.29, 0.717) is 5.88 Å². The van der Waals surface area contributed by atoms with Gasteiger partial charge in [-0.05, 0) is 13.0 Å². The van der Waals surface area contributed by atoms with E-state index in [-0.39, 0.29) is 0 Å². The number of rotatable bonds is 2. The molecule has 0 aliphatic rings. The summed E-state index contributed by atoms with van der Waals surface area (Å²) in [6.07, 6.45) is 5.27. The molecule has 0 radical (unpaired) electrons. The molecular formula is C8H10N2O. The highest BCUT2D eigenvalue weighted by Gasteiger charge is 2.04. The van der Waals surface area contributed by atoms with Crippen molar-refractivity contribution in [3.05, 3.63) is 30.0 Å². The van der Waals surface area contributed by atoms with E-state index in [1.54, 1.807) is 12.2 Å². The van der Waals surface area contributed by atoms with Gasteiger partial charge in [-0.2, -0.15) is 0 Å². The number of anilines is 1. The quantitative estimate of drug-likeness (QED) is 0.653. The third-order valence-electron chi connectivity index (χ3n) is 1.34. The summed E-state index contributed by atoms with van der Waals surface area (Å²) in [5.74, 6) is 0.348. The molecule has 2 N–H and O–H groups in total. The summed E-state index contributed by atoms with van der Waals surface area (Å²) < 4.78 is 4.73. The number of nitrogens with two attached hydrogens (primary N) is 1. The summed E-state index contributed by atoms with van der Waals surface area (Å²) in [4.78, 5) is 0. The van der Waals surface area contributed by atoms with Gasteiger partial charge < -0.3 is 10.3 Å². The zero-order valence-corrected chi connectivity index (χ0v) is 6.37. The average molecular weight is 150 g/mol. The maximum absolute atomic E-state index is 5.47. The molecule has 0 saturated carbocycles. The Balaban J connectivity index is 3.00. The molecule has 11 heavy (non-hydrogen) atoms. The van der Waals surface area contributed by atoms with E-state index < -0.39 is 0 Å². The second-order valence-electron chi connectivity index (χ2n) is 2.14. The first-order chi connectivity index (χ1) is 5.25. The van der Waals surface area contributed by atoms with E-state index in [1.165, 1.54) is 0 Å². The van der Waals surface area contributed by atoms with Crippen LogP contribution in [-0.2, 0) is 0 Å². The van der Waals surface area contributed by atoms with Crippen molar-refractivity contribution in [2.24, 2.45) is 0 Å². The number of nitrogens with zero attached hydrogens (tertiary/aromatic N) is 1. The lowest BCUT2D eigenvalue weighted by Crippen LogP contribution is -1.83. The molecule has 3 nitrogen and oxygen atoms in total. The van der Waals surface area contributed by atoms with Crippen molar-refractivity contribution in [3.8, 4) is 0 Å². The molecule has 0 saturated heterocycles. The first kappa shape index (κ1) is 7.60. The van der Waals surface area contributed by atoms with Gasteiger partial charge in [0.15, 0.2) is 0 Å². The SMILES string of the molecule is C=C/C=C\c1c(C)noc1N. The zero-order chi connectivity index (χ0) is 8.27. The molecule has 1 aromatic rings. The summed E-state index contributed by atoms with van der Waals surface area (Å²) >= 11 is 0. The number of allylic oxidation sites excluding steroid dienone is 2. The van der Waals surface area contributed by atoms with Gasteiger partial charge in [-0.25, -0.2) is 0 Å². The van der Waals surface area contributed by atoms with Crippen molar-refractivity contribution in [1.82, 2.24) is 5.16 Å². The van der Waals surface area contributed by atoms with Gasteiger partial charge in [0.25, 0.3) is 0 Å². The molecule has 0 atom stereocenters. The first-order valence-electron chi connectivity index (χ1n) is 3.26. The molecule has 1 rings (SSSR count). The van der Waals surface area contributed by atoms with Crippen molar-refractivity contribution >= 4 is 12.0 Å². The molecule has 0 fully saturated rings. The van der Waals surface area contributed by atoms with Crippen LogP contribution in [-0.4, -0.2) is 5.16 Å². The molecule has 0 amide bonds. The molecule has 0 bridgehead atoms. The van der Waals surface area contributed by atoms with Crippen LogP contribution in [0.4, 0.5) is 5.88 Å². The van der Waals surface area contributed by atoms with Crippen molar-refractivity contribution in [2.45, 2.75) is 6.92 Å². The summed E-state index contributed by atoms with van der Waals surface area (Å²) in [6, 6.07) is 0. The average Bonchev–Trinajstić information content (AvgIpc) is 2.29. The highest BCUT2D eigenvalue weighted by atomic mass is 16.5. The minimum absolute atomic E-state index is 0.348. The minimum Gasteiger partial charge on any atom is -0.367 e. The van der Waals surface area contributed by atoms with Gasteiger partial charge in [-0.15, -0.1) is 0 Å². The van der Waals surface area contributed by atoms with Crippen LogP contribution < -0.4 is 5.73 Å². The Labute approximate surface area is 65.2 Å². The monoisotopic (exact) mass is 150 g/mol. The number of aromatic nitrogens is 1. The highest BCUT2D eigenvalue weighted by Crippen LogP contribution is 2.16. The van der Waals surface area contributed by atoms with Crippen LogP contribution in [0.1, 0.15) is 11.3 Å². The number of hydrogen-bond donors (Lipinski definition) is 1. The van der Waals surface area contributed by atoms with Crippen molar-refractivity contribution < 1.29 is 4.52 Å². The Morgan fingerprint density at radius 1 is 1.64 bits per heavy atom. The molecule has 0 aliphatic carbocycles. The fourth-order valence-corrected chi connectivity index (χ4v) is 0.761. The number of nitrogen functional groups attached to an aromatic ring is 1. The van der Waals surface area contributed by atoms with Crippen molar-refractivity contribution in [1.29, 1.82) is 0 Å². The van der Waals surface area contributed by atoms with E-state index in [1.807, 2.05) is 13.0 Å². The molecular weight excluding hydrogens is 140 g/mol. The van der Waals surface area contributed by atoms with Crippen LogP contribution in [0.3, 0.4) is 0 Å². The third kappa shape index (κ3) is 1.49. The largest absolute Gasteiger partial charge is 0.367 e. The fourth-order valence-electron chi connectivity index (χ4n) is 0.761. The van der Waals surface area contributed by atoms with E-state index in [9.17, 15) is 0 Å². The van der Waals surface area contributed by atoms with Gasteiger partial charge >= 0.3 is 0 Å². The van der Waals surface area contributed by atoms with Crippen molar-refractivity contribution in [2.75, 3.05) is 5.73 Å². The number of aryl methyl sites for hydroxylation is 1. The van der Waals surface area contributed by atoms with Gasteiger partial charge in [0.1, 0.15) is 0 Å². The van der Waals surface area contributed by atoms with Crippen LogP contribution in [0.5, 0.6) is 0 Å². The van der Waals surface area contributed by atoms with Gasteiger partial charge in [0.05, 0.1) is 11.3 Å². The van der Waals surface area contributed by atoms with Gasteiger partial charge in [0, 0.05) is 0 Å². The molecule has 1 aromatic heterocycles. The Bertz CT molecular complexity index is 267. The van der Waals surface area contributed by atoms with Crippen LogP contribution in [0, 0.1) is 6.92 Å². The fraction of sp³-hybridized carbons (Fsp3) is 0.125. The molecule has 0 spiro atoms. The first-order valence-corrected chi connectivity index (χ1v) is 3.26. The summed E-state index contributed by atoms with van der Waals surface area (Å²) in [7, 11) is 0. The topological polar surface area (TPSA) is 52.0 Å². The molecule has 0 unspecified atom stereocenters. The second-order valence-corrected chi connectivity index (χ2v) is 2.14. The Morgan fingerprint density at radius 3 is 2.82 bits per heavy atom. The molecule has 1 heterocycles. The normalized spacial score (nSPS) is 10.6. The maximum atomic E-state index is 5.47. The third-order valence-corrected chi connectivity index (χ3v) is 1.34. The van der Waals surface area contributed by atoms with Crippen LogP contribution in [0.15, 0.2) is 23.3 Å². The lowest BCUT2D eigenvalue weighted by atomic mass is 10.2. The Hall–Kier alpha value is -1.51. The molecule has 0 aliphatic heterocycles. The summed E-state index contributed by atoms with van der Waals surface area (Å²) in [5, 5.41) is 3.68. The second kappa shape index (κ2) is 3.05. The van der Waals surface area contributed by atoms with Gasteiger partial charge in [0.2, 0.25) is 5.88 Å². The van der Waals surface area contributed by atoms with E-state index in [2.05, 4.69) is 11.7 Å². The van der Waals surface area contributed by atoms with Crippen LogP contribution in [0.25, 0.3) is 6.08 Å². The van der Waals surface area contributed by atoms with Gasteiger partial charge in [-0.1, -0.05) is 23.9 Å². The maximum Gasteiger partial charge on any atom is 0.229 e. The van der Waals surface area contributed by atoms with E-state index >= 15 is 0 Å². The Kier molecular flexibility index (Phi) is 2.11. The van der Waals surface area contributed by atoms with E-state index in [0.717, 1.165) is 11.3 Å². The predicted octanol–water partition coefficient (Wildman–Crippen LogP) is 1.76. The predicted molar refractivity (Wildman–Crippen MR) is 44.9 cm³/mol. The van der Waals surface area contributed by atoms with Crippen LogP contribution in [0.2, 0.25) is 0 Å². The lowest BCUT2D eigenvalue weighted by molar-refractivity contribution is 0.431. The van der Waals surface area contributed by atoms with Gasteiger partial charge in [-0.3, -0.25) is 0 Å². The van der Waals surface area contributed by atoms with E-state index in [4.69, 9.17) is 10.3 Å². The number of hydrogen-bond acceptors (Lipinski definition) is 3. The molecule has 58 valence electrons.